The Morgan fingerprint density at radius 3 is 2.64 bits per heavy atom. The number of rotatable bonds is 5. The molecule has 3 aliphatic heterocycles. The Morgan fingerprint density at radius 1 is 1.21 bits per heavy atom. The van der Waals surface area contributed by atoms with Crippen molar-refractivity contribution in [3.8, 4) is 0 Å². The average molecular weight is 409 g/mol. The fourth-order valence-corrected chi connectivity index (χ4v) is 7.85. The molecule has 4 atom stereocenters. The molecular weight excluding hydrogens is 372 g/mol. The van der Waals surface area contributed by atoms with Crippen molar-refractivity contribution < 1.29 is 8.42 Å². The Labute approximate surface area is 170 Å². The summed E-state index contributed by atoms with van der Waals surface area (Å²) in [5.74, 6) is 1.62. The van der Waals surface area contributed by atoms with Crippen LogP contribution in [0.3, 0.4) is 0 Å². The molecule has 0 aromatic carbocycles. The monoisotopic (exact) mass is 408 g/mol. The molecule has 0 aliphatic carbocycles. The van der Waals surface area contributed by atoms with Gasteiger partial charge >= 0.3 is 0 Å². The summed E-state index contributed by atoms with van der Waals surface area (Å²) in [6, 6.07) is 1.10. The standard InChI is InChI=1S/C21H36N4O2S/c1-15(2)8-9-20-18-11-17(19-7-5-6-10-25(19)20)13-24(14-18)28(26,27)21-16(3)12-22-23(21)4/h12,15,17-20H,5-11,13-14H2,1-4H3/t17-,18+,19+,20+/m1/s1. The summed E-state index contributed by atoms with van der Waals surface area (Å²) in [5, 5.41) is 4.55. The molecule has 28 heavy (non-hydrogen) atoms. The molecule has 4 heterocycles. The molecule has 0 N–H and O–H groups in total. The van der Waals surface area contributed by atoms with Crippen molar-refractivity contribution >= 4 is 10.0 Å². The third-order valence-electron chi connectivity index (χ3n) is 7.27. The molecule has 158 valence electrons. The summed E-state index contributed by atoms with van der Waals surface area (Å²) < 4.78 is 30.3. The van der Waals surface area contributed by atoms with Gasteiger partial charge in [0, 0.05) is 37.8 Å². The molecule has 0 saturated carbocycles. The molecule has 1 aromatic rings. The molecule has 0 radical (unpaired) electrons. The molecule has 4 rings (SSSR count). The number of sulfonamides is 1. The van der Waals surface area contributed by atoms with Gasteiger partial charge in [0.15, 0.2) is 5.03 Å². The molecule has 1 aromatic heterocycles. The first-order valence-electron chi connectivity index (χ1n) is 11.0. The van der Waals surface area contributed by atoms with Crippen LogP contribution in [0.15, 0.2) is 11.2 Å². The highest BCUT2D eigenvalue weighted by Gasteiger charge is 2.49. The zero-order valence-electron chi connectivity index (χ0n) is 17.8. The molecule has 0 amide bonds. The fraction of sp³-hybridized carbons (Fsp3) is 0.857. The lowest BCUT2D eigenvalue weighted by atomic mass is 9.71. The van der Waals surface area contributed by atoms with Crippen molar-refractivity contribution in [2.45, 2.75) is 76.4 Å². The van der Waals surface area contributed by atoms with E-state index in [4.69, 9.17) is 0 Å². The van der Waals surface area contributed by atoms with E-state index in [9.17, 15) is 8.42 Å². The van der Waals surface area contributed by atoms with Gasteiger partial charge in [0.25, 0.3) is 10.0 Å². The first-order valence-corrected chi connectivity index (χ1v) is 12.5. The van der Waals surface area contributed by atoms with Gasteiger partial charge < -0.3 is 0 Å². The van der Waals surface area contributed by atoms with Crippen LogP contribution in [0.1, 0.15) is 57.9 Å². The highest BCUT2D eigenvalue weighted by Crippen LogP contribution is 2.44. The average Bonchev–Trinajstić information content (AvgIpc) is 3.00. The van der Waals surface area contributed by atoms with Crippen LogP contribution in [-0.4, -0.2) is 59.1 Å². The van der Waals surface area contributed by atoms with Crippen LogP contribution in [0, 0.1) is 24.7 Å². The number of aryl methyl sites for hydroxylation is 2. The third kappa shape index (κ3) is 3.54. The first-order chi connectivity index (χ1) is 13.3. The number of fused-ring (bicyclic) bond motifs is 4. The lowest BCUT2D eigenvalue weighted by Gasteiger charge is -2.56. The minimum atomic E-state index is -3.50. The zero-order valence-corrected chi connectivity index (χ0v) is 18.7. The molecule has 3 saturated heterocycles. The van der Waals surface area contributed by atoms with Crippen LogP contribution in [0.5, 0.6) is 0 Å². The second kappa shape index (κ2) is 7.73. The zero-order chi connectivity index (χ0) is 20.1. The number of hydrogen-bond acceptors (Lipinski definition) is 4. The highest BCUT2D eigenvalue weighted by molar-refractivity contribution is 7.89. The first kappa shape index (κ1) is 20.4. The molecule has 0 unspecified atom stereocenters. The Balaban J connectivity index is 1.62. The Bertz CT molecular complexity index is 784. The Morgan fingerprint density at radius 2 is 1.96 bits per heavy atom. The highest BCUT2D eigenvalue weighted by atomic mass is 32.2. The van der Waals surface area contributed by atoms with E-state index in [1.165, 1.54) is 49.8 Å². The smallest absolute Gasteiger partial charge is 0.260 e. The van der Waals surface area contributed by atoms with Crippen LogP contribution in [-0.2, 0) is 17.1 Å². The lowest BCUT2D eigenvalue weighted by molar-refractivity contribution is -0.0594. The predicted molar refractivity (Wildman–Crippen MR) is 111 cm³/mol. The van der Waals surface area contributed by atoms with E-state index < -0.39 is 10.0 Å². The van der Waals surface area contributed by atoms with Crippen LogP contribution in [0.4, 0.5) is 0 Å². The largest absolute Gasteiger partial charge is 0.297 e. The van der Waals surface area contributed by atoms with Crippen LogP contribution in [0.25, 0.3) is 0 Å². The maximum absolute atomic E-state index is 13.5. The lowest BCUT2D eigenvalue weighted by Crippen LogP contribution is -2.64. The van der Waals surface area contributed by atoms with Gasteiger partial charge in [0.1, 0.15) is 0 Å². The molecule has 0 spiro atoms. The van der Waals surface area contributed by atoms with Gasteiger partial charge in [-0.05, 0) is 63.3 Å². The summed E-state index contributed by atoms with van der Waals surface area (Å²) in [6.45, 7) is 8.97. The van der Waals surface area contributed by atoms with Crippen molar-refractivity contribution in [3.63, 3.8) is 0 Å². The van der Waals surface area contributed by atoms with Crippen molar-refractivity contribution in [1.29, 1.82) is 0 Å². The van der Waals surface area contributed by atoms with E-state index in [1.807, 2.05) is 6.92 Å². The van der Waals surface area contributed by atoms with Gasteiger partial charge in [-0.25, -0.2) is 8.42 Å². The normalized spacial score (nSPS) is 31.9. The number of aromatic nitrogens is 2. The topological polar surface area (TPSA) is 58.4 Å². The van der Waals surface area contributed by atoms with Gasteiger partial charge in [-0.3, -0.25) is 9.58 Å². The minimum Gasteiger partial charge on any atom is -0.297 e. The van der Waals surface area contributed by atoms with E-state index in [-0.39, 0.29) is 0 Å². The quantitative estimate of drug-likeness (QED) is 0.751. The van der Waals surface area contributed by atoms with Crippen molar-refractivity contribution in [2.24, 2.45) is 24.8 Å². The molecular formula is C21H36N4O2S. The minimum absolute atomic E-state index is 0.367. The second-order valence-corrected chi connectivity index (χ2v) is 11.5. The molecule has 6 nitrogen and oxygen atoms in total. The summed E-state index contributed by atoms with van der Waals surface area (Å²) in [6.07, 6.45) is 9.09. The second-order valence-electron chi connectivity index (χ2n) is 9.67. The van der Waals surface area contributed by atoms with E-state index in [1.54, 1.807) is 17.5 Å². The van der Waals surface area contributed by atoms with Gasteiger partial charge in [-0.1, -0.05) is 20.3 Å². The van der Waals surface area contributed by atoms with Crippen molar-refractivity contribution in [2.75, 3.05) is 19.6 Å². The van der Waals surface area contributed by atoms with E-state index in [0.29, 0.717) is 48.0 Å². The maximum atomic E-state index is 13.5. The van der Waals surface area contributed by atoms with Crippen LogP contribution >= 0.6 is 0 Å². The number of nitrogens with zero attached hydrogens (tertiary/aromatic N) is 4. The predicted octanol–water partition coefficient (Wildman–Crippen LogP) is 3.03. The Kier molecular flexibility index (Phi) is 5.62. The summed E-state index contributed by atoms with van der Waals surface area (Å²) in [5.41, 5.74) is 0.744. The molecule has 2 bridgehead atoms. The summed E-state index contributed by atoms with van der Waals surface area (Å²) in [4.78, 5) is 2.78. The van der Waals surface area contributed by atoms with Gasteiger partial charge in [-0.2, -0.15) is 9.40 Å². The Hall–Kier alpha value is -0.920. The summed E-state index contributed by atoms with van der Waals surface area (Å²) >= 11 is 0. The van der Waals surface area contributed by atoms with Crippen LogP contribution in [0.2, 0.25) is 0 Å². The number of piperidine rings is 3. The fourth-order valence-electron chi connectivity index (χ4n) is 5.99. The van der Waals surface area contributed by atoms with Gasteiger partial charge in [0.2, 0.25) is 0 Å². The van der Waals surface area contributed by atoms with Crippen LogP contribution < -0.4 is 0 Å². The SMILES string of the molecule is Cc1cnn(C)c1S(=O)(=O)N1C[C@H]2C[C@@H](C1)[C@H](CCC(C)C)N1CCCC[C@@H]21. The molecule has 7 heteroatoms. The third-order valence-corrected chi connectivity index (χ3v) is 9.32. The van der Waals surface area contributed by atoms with E-state index >= 15 is 0 Å². The van der Waals surface area contributed by atoms with Crippen molar-refractivity contribution in [1.82, 2.24) is 19.0 Å². The maximum Gasteiger partial charge on any atom is 0.260 e. The summed E-state index contributed by atoms with van der Waals surface area (Å²) in [7, 11) is -1.76. The van der Waals surface area contributed by atoms with E-state index in [0.717, 1.165) is 5.56 Å². The number of hydrogen-bond donors (Lipinski definition) is 0. The molecule has 3 fully saturated rings. The molecule has 3 aliphatic rings. The van der Waals surface area contributed by atoms with Gasteiger partial charge in [-0.15, -0.1) is 0 Å². The van der Waals surface area contributed by atoms with Crippen molar-refractivity contribution in [3.05, 3.63) is 11.8 Å². The van der Waals surface area contributed by atoms with E-state index in [2.05, 4.69) is 23.8 Å². The van der Waals surface area contributed by atoms with Gasteiger partial charge in [0.05, 0.1) is 6.20 Å².